The molecule has 36 heavy (non-hydrogen) atoms. The van der Waals surface area contributed by atoms with E-state index in [0.29, 0.717) is 25.2 Å². The predicted octanol–water partition coefficient (Wildman–Crippen LogP) is 3.50. The highest BCUT2D eigenvalue weighted by Gasteiger charge is 2.45. The molecule has 0 unspecified atom stereocenters. The lowest BCUT2D eigenvalue weighted by Gasteiger charge is -2.38. The molecular formula is C29H36N4O3. The summed E-state index contributed by atoms with van der Waals surface area (Å²) in [5.41, 5.74) is 9.60. The Morgan fingerprint density at radius 2 is 1.72 bits per heavy atom. The molecule has 0 saturated heterocycles. The van der Waals surface area contributed by atoms with Crippen molar-refractivity contribution in [3.8, 4) is 0 Å². The number of primary amides is 1. The maximum absolute atomic E-state index is 13.8. The molecule has 0 saturated carbocycles. The highest BCUT2D eigenvalue weighted by atomic mass is 16.2. The number of amides is 3. The number of rotatable bonds is 8. The summed E-state index contributed by atoms with van der Waals surface area (Å²) in [6, 6.07) is 15.1. The van der Waals surface area contributed by atoms with Crippen LogP contribution in [0.4, 0.5) is 0 Å². The summed E-state index contributed by atoms with van der Waals surface area (Å²) in [6.07, 6.45) is 1.52. The van der Waals surface area contributed by atoms with Crippen LogP contribution >= 0.6 is 0 Å². The fraction of sp³-hybridized carbons (Fsp3) is 0.414. The minimum Gasteiger partial charge on any atom is -0.368 e. The lowest BCUT2D eigenvalue weighted by molar-refractivity contribution is -0.136. The van der Waals surface area contributed by atoms with Crippen molar-refractivity contribution in [1.82, 2.24) is 15.6 Å². The number of hydrogen-bond acceptors (Lipinski definition) is 3. The number of fused-ring (bicyclic) bond motifs is 3. The largest absolute Gasteiger partial charge is 0.368 e. The molecule has 190 valence electrons. The third-order valence-corrected chi connectivity index (χ3v) is 7.27. The van der Waals surface area contributed by atoms with Gasteiger partial charge in [-0.1, -0.05) is 70.2 Å². The van der Waals surface area contributed by atoms with Crippen LogP contribution in [0.1, 0.15) is 62.4 Å². The number of aromatic nitrogens is 1. The summed E-state index contributed by atoms with van der Waals surface area (Å²) >= 11 is 0. The second-order valence-corrected chi connectivity index (χ2v) is 10.6. The number of benzene rings is 2. The minimum absolute atomic E-state index is 0.164. The molecule has 2 aromatic carbocycles. The van der Waals surface area contributed by atoms with Gasteiger partial charge in [0.25, 0.3) is 0 Å². The van der Waals surface area contributed by atoms with Gasteiger partial charge in [-0.2, -0.15) is 0 Å². The number of nitrogens with one attached hydrogen (secondary N) is 3. The van der Waals surface area contributed by atoms with Gasteiger partial charge in [-0.05, 0) is 47.4 Å². The van der Waals surface area contributed by atoms with E-state index in [2.05, 4.69) is 29.5 Å². The molecule has 0 radical (unpaired) electrons. The van der Waals surface area contributed by atoms with Gasteiger partial charge in [0.15, 0.2) is 0 Å². The van der Waals surface area contributed by atoms with Gasteiger partial charge < -0.3 is 21.4 Å². The molecule has 0 spiro atoms. The number of hydrogen-bond donors (Lipinski definition) is 4. The van der Waals surface area contributed by atoms with Crippen LogP contribution < -0.4 is 16.4 Å². The van der Waals surface area contributed by atoms with E-state index in [9.17, 15) is 14.4 Å². The minimum atomic E-state index is -1.19. The van der Waals surface area contributed by atoms with Gasteiger partial charge in [0.05, 0.1) is 6.42 Å². The molecule has 3 aromatic rings. The van der Waals surface area contributed by atoms with E-state index in [0.717, 1.165) is 27.7 Å². The number of para-hydroxylation sites is 1. The lowest BCUT2D eigenvalue weighted by atomic mass is 9.78. The van der Waals surface area contributed by atoms with Gasteiger partial charge in [-0.3, -0.25) is 14.4 Å². The van der Waals surface area contributed by atoms with Crippen molar-refractivity contribution in [2.45, 2.75) is 70.9 Å². The lowest BCUT2D eigenvalue weighted by Crippen LogP contribution is -2.64. The zero-order chi connectivity index (χ0) is 26.0. The Morgan fingerprint density at radius 3 is 2.36 bits per heavy atom. The molecule has 3 amide bonds. The third-order valence-electron chi connectivity index (χ3n) is 7.27. The van der Waals surface area contributed by atoms with Gasteiger partial charge >= 0.3 is 0 Å². The summed E-state index contributed by atoms with van der Waals surface area (Å²) in [5, 5.41) is 6.97. The Kier molecular flexibility index (Phi) is 7.20. The van der Waals surface area contributed by atoms with E-state index < -0.39 is 17.5 Å². The highest BCUT2D eigenvalue weighted by Crippen LogP contribution is 2.34. The second-order valence-electron chi connectivity index (χ2n) is 10.6. The molecule has 1 heterocycles. The summed E-state index contributed by atoms with van der Waals surface area (Å²) < 4.78 is 0. The van der Waals surface area contributed by atoms with Crippen LogP contribution in [0.3, 0.4) is 0 Å². The Bertz CT molecular complexity index is 1280. The van der Waals surface area contributed by atoms with Gasteiger partial charge in [0, 0.05) is 23.0 Å². The van der Waals surface area contributed by atoms with E-state index in [-0.39, 0.29) is 24.2 Å². The second kappa shape index (κ2) is 10.2. The van der Waals surface area contributed by atoms with Crippen molar-refractivity contribution in [2.75, 3.05) is 0 Å². The van der Waals surface area contributed by atoms with Gasteiger partial charge in [0.1, 0.15) is 11.6 Å². The first kappa shape index (κ1) is 25.5. The molecule has 1 aliphatic carbocycles. The number of H-pyrrole nitrogens is 1. The molecular weight excluding hydrogens is 452 g/mol. The molecule has 4 rings (SSSR count). The fourth-order valence-electron chi connectivity index (χ4n) is 5.12. The normalized spacial score (nSPS) is 18.2. The van der Waals surface area contributed by atoms with E-state index in [1.54, 1.807) is 0 Å². The monoisotopic (exact) mass is 488 g/mol. The summed E-state index contributed by atoms with van der Waals surface area (Å²) in [6.45, 7) is 7.92. The summed E-state index contributed by atoms with van der Waals surface area (Å²) in [5.74, 6) is -0.962. The highest BCUT2D eigenvalue weighted by molar-refractivity contribution is 5.96. The van der Waals surface area contributed by atoms with Crippen molar-refractivity contribution >= 4 is 28.6 Å². The number of carbonyl (C=O) groups is 3. The zero-order valence-corrected chi connectivity index (χ0v) is 21.5. The quantitative estimate of drug-likeness (QED) is 0.389. The average Bonchev–Trinajstić information content (AvgIpc) is 3.20. The molecule has 5 N–H and O–H groups in total. The van der Waals surface area contributed by atoms with Crippen LogP contribution in [0.25, 0.3) is 10.9 Å². The average molecular weight is 489 g/mol. The molecule has 1 aliphatic rings. The molecule has 7 nitrogen and oxygen atoms in total. The van der Waals surface area contributed by atoms with Crippen LogP contribution in [0, 0.1) is 5.92 Å². The van der Waals surface area contributed by atoms with Crippen molar-refractivity contribution in [3.63, 3.8) is 0 Å². The Hall–Kier alpha value is -3.61. The van der Waals surface area contributed by atoms with Crippen molar-refractivity contribution in [1.29, 1.82) is 0 Å². The first-order valence-corrected chi connectivity index (χ1v) is 12.7. The van der Waals surface area contributed by atoms with E-state index >= 15 is 0 Å². The van der Waals surface area contributed by atoms with Crippen LogP contribution in [0.15, 0.2) is 48.5 Å². The standard InChI is InChI=1S/C29H36N4O3/c1-17(2)20-11-9-19(10-12-20)15-25(34)33-29(28(36)32-26(18(3)4)27(30)35)14-13-24-22(16-29)21-7-5-6-8-23(21)31-24/h5-12,17-18,26,31H,13-16H2,1-4H3,(H2,30,35)(H,32,36)(H,33,34)/t26-,29+/m0/s1. The van der Waals surface area contributed by atoms with E-state index in [1.165, 1.54) is 5.56 Å². The summed E-state index contributed by atoms with van der Waals surface area (Å²) in [4.78, 5) is 42.6. The Morgan fingerprint density at radius 1 is 1.03 bits per heavy atom. The molecule has 0 aliphatic heterocycles. The van der Waals surface area contributed by atoms with Crippen LogP contribution in [0.2, 0.25) is 0 Å². The Labute approximate surface area is 212 Å². The maximum Gasteiger partial charge on any atom is 0.246 e. The number of aryl methyl sites for hydroxylation is 1. The first-order chi connectivity index (χ1) is 17.1. The number of nitrogens with two attached hydrogens (primary N) is 1. The van der Waals surface area contributed by atoms with Crippen molar-refractivity contribution < 1.29 is 14.4 Å². The van der Waals surface area contributed by atoms with Gasteiger partial charge in [-0.25, -0.2) is 0 Å². The number of aromatic amines is 1. The molecule has 7 heteroatoms. The SMILES string of the molecule is CC(C)c1ccc(CC(=O)N[C@]2(C(=O)N[C@H](C(N)=O)C(C)C)CCc3[nH]c4ccccc4c3C2)cc1. The van der Waals surface area contributed by atoms with Gasteiger partial charge in [0.2, 0.25) is 17.7 Å². The fourth-order valence-corrected chi connectivity index (χ4v) is 5.12. The van der Waals surface area contributed by atoms with Crippen LogP contribution in [-0.2, 0) is 33.6 Å². The Balaban J connectivity index is 1.63. The van der Waals surface area contributed by atoms with Crippen molar-refractivity contribution in [3.05, 3.63) is 70.9 Å². The topological polar surface area (TPSA) is 117 Å². The summed E-state index contributed by atoms with van der Waals surface area (Å²) in [7, 11) is 0. The predicted molar refractivity (Wildman–Crippen MR) is 141 cm³/mol. The van der Waals surface area contributed by atoms with Crippen molar-refractivity contribution in [2.24, 2.45) is 11.7 Å². The smallest absolute Gasteiger partial charge is 0.246 e. The van der Waals surface area contributed by atoms with Crippen LogP contribution in [-0.4, -0.2) is 34.3 Å². The van der Waals surface area contributed by atoms with Crippen LogP contribution in [0.5, 0.6) is 0 Å². The molecule has 0 bridgehead atoms. The maximum atomic E-state index is 13.8. The first-order valence-electron chi connectivity index (χ1n) is 12.7. The van der Waals surface area contributed by atoms with E-state index in [4.69, 9.17) is 5.73 Å². The molecule has 2 atom stereocenters. The van der Waals surface area contributed by atoms with Gasteiger partial charge in [-0.15, -0.1) is 0 Å². The molecule has 0 fully saturated rings. The molecule has 1 aromatic heterocycles. The number of carbonyl (C=O) groups excluding carboxylic acids is 3. The third kappa shape index (κ3) is 5.15. The van der Waals surface area contributed by atoms with E-state index in [1.807, 2.05) is 62.4 Å². The zero-order valence-electron chi connectivity index (χ0n) is 21.5.